The molecule has 0 aliphatic carbocycles. The van der Waals surface area contributed by atoms with E-state index in [1.165, 1.54) is 6.42 Å². The molecule has 16 heavy (non-hydrogen) atoms. The fourth-order valence-electron chi connectivity index (χ4n) is 1.82. The molecular formula is C13H28O2S. The zero-order valence-corrected chi connectivity index (χ0v) is 12.5. The van der Waals surface area contributed by atoms with Crippen molar-refractivity contribution in [2.24, 2.45) is 10.8 Å². The van der Waals surface area contributed by atoms with Crippen LogP contribution in [0.3, 0.4) is 0 Å². The highest BCUT2D eigenvalue weighted by Gasteiger charge is 2.29. The molecule has 0 rings (SSSR count). The summed E-state index contributed by atoms with van der Waals surface area (Å²) in [6.45, 7) is 12.8. The quantitative estimate of drug-likeness (QED) is 0.584. The summed E-state index contributed by atoms with van der Waals surface area (Å²) in [7, 11) is 0. The van der Waals surface area contributed by atoms with Crippen molar-refractivity contribution in [2.45, 2.75) is 72.5 Å². The van der Waals surface area contributed by atoms with Crippen molar-refractivity contribution < 1.29 is 8.76 Å². The lowest BCUT2D eigenvalue weighted by Gasteiger charge is -2.28. The maximum Gasteiger partial charge on any atom is 0.156 e. The molecule has 0 amide bonds. The van der Waals surface area contributed by atoms with E-state index in [1.54, 1.807) is 0 Å². The van der Waals surface area contributed by atoms with Crippen LogP contribution in [0.4, 0.5) is 0 Å². The molecule has 98 valence electrons. The van der Waals surface area contributed by atoms with Crippen molar-refractivity contribution in [3.05, 3.63) is 0 Å². The average molecular weight is 248 g/mol. The van der Waals surface area contributed by atoms with Crippen LogP contribution in [0.25, 0.3) is 0 Å². The van der Waals surface area contributed by atoms with Crippen molar-refractivity contribution in [3.63, 3.8) is 0 Å². The Morgan fingerprint density at radius 2 is 1.56 bits per heavy atom. The summed E-state index contributed by atoms with van der Waals surface area (Å²) >= 11 is -1.70. The fraction of sp³-hybridized carbons (Fsp3) is 1.00. The molecule has 0 aromatic heterocycles. The van der Waals surface area contributed by atoms with Crippen molar-refractivity contribution >= 4 is 11.1 Å². The molecule has 0 aromatic rings. The minimum absolute atomic E-state index is 0.0820. The molecule has 3 heteroatoms. The van der Waals surface area contributed by atoms with E-state index in [1.807, 2.05) is 20.8 Å². The number of hydrogen-bond donors (Lipinski definition) is 1. The van der Waals surface area contributed by atoms with Gasteiger partial charge in [0.15, 0.2) is 11.1 Å². The van der Waals surface area contributed by atoms with Crippen LogP contribution in [0.2, 0.25) is 0 Å². The van der Waals surface area contributed by atoms with Gasteiger partial charge in [-0.25, -0.2) is 4.21 Å². The Balaban J connectivity index is 4.02. The molecule has 0 aliphatic rings. The number of unbranched alkanes of at least 4 members (excludes halogenated alkanes) is 1. The highest BCUT2D eigenvalue weighted by Crippen LogP contribution is 2.29. The molecule has 0 bridgehead atoms. The molecule has 0 heterocycles. The molecule has 2 unspecified atom stereocenters. The molecular weight excluding hydrogens is 220 g/mol. The number of rotatable bonds is 5. The van der Waals surface area contributed by atoms with Crippen LogP contribution in [0, 0.1) is 10.8 Å². The first-order chi connectivity index (χ1) is 7.04. The zero-order valence-electron chi connectivity index (χ0n) is 11.7. The largest absolute Gasteiger partial charge is 0.306 e. The predicted octanol–water partition coefficient (Wildman–Crippen LogP) is 4.23. The molecule has 0 spiro atoms. The molecule has 2 nitrogen and oxygen atoms in total. The molecule has 0 fully saturated rings. The molecule has 0 aromatic carbocycles. The smallest absolute Gasteiger partial charge is 0.156 e. The van der Waals surface area contributed by atoms with Crippen LogP contribution in [-0.4, -0.2) is 14.0 Å². The Labute approximate surface area is 103 Å². The monoisotopic (exact) mass is 248 g/mol. The predicted molar refractivity (Wildman–Crippen MR) is 71.9 cm³/mol. The van der Waals surface area contributed by atoms with Gasteiger partial charge in [0.1, 0.15) is 0 Å². The summed E-state index contributed by atoms with van der Waals surface area (Å²) in [6, 6.07) is 0. The summed E-state index contributed by atoms with van der Waals surface area (Å²) in [5.74, 6) is 0. The Hall–Kier alpha value is 0.110. The normalized spacial score (nSPS) is 17.2. The van der Waals surface area contributed by atoms with Gasteiger partial charge in [-0.05, 0) is 23.7 Å². The summed E-state index contributed by atoms with van der Waals surface area (Å²) in [5, 5.41) is -0.104. The molecule has 0 aliphatic heterocycles. The number of hydrogen-bond acceptors (Lipinski definition) is 1. The van der Waals surface area contributed by atoms with Gasteiger partial charge in [0, 0.05) is 0 Å². The lowest BCUT2D eigenvalue weighted by Crippen LogP contribution is -2.30. The van der Waals surface area contributed by atoms with Gasteiger partial charge < -0.3 is 4.55 Å². The van der Waals surface area contributed by atoms with Crippen LogP contribution in [0.5, 0.6) is 0 Å². The summed E-state index contributed by atoms with van der Waals surface area (Å²) < 4.78 is 20.5. The van der Waals surface area contributed by atoms with E-state index in [2.05, 4.69) is 20.8 Å². The highest BCUT2D eigenvalue weighted by atomic mass is 32.2. The second kappa shape index (κ2) is 6.15. The molecule has 0 saturated heterocycles. The van der Waals surface area contributed by atoms with Gasteiger partial charge in [-0.2, -0.15) is 0 Å². The topological polar surface area (TPSA) is 37.3 Å². The average Bonchev–Trinajstić information content (AvgIpc) is 1.97. The van der Waals surface area contributed by atoms with E-state index in [0.717, 1.165) is 19.3 Å². The van der Waals surface area contributed by atoms with Gasteiger partial charge in [0.05, 0.1) is 5.25 Å². The summed E-state index contributed by atoms with van der Waals surface area (Å²) in [5.41, 5.74) is 0.289. The van der Waals surface area contributed by atoms with E-state index in [9.17, 15) is 8.76 Å². The Morgan fingerprint density at radius 1 is 1.06 bits per heavy atom. The van der Waals surface area contributed by atoms with Gasteiger partial charge in [0.2, 0.25) is 0 Å². The van der Waals surface area contributed by atoms with Gasteiger partial charge in [-0.3, -0.25) is 0 Å². The van der Waals surface area contributed by atoms with Gasteiger partial charge >= 0.3 is 0 Å². The Kier molecular flexibility index (Phi) is 6.20. The van der Waals surface area contributed by atoms with Gasteiger partial charge in [-0.1, -0.05) is 54.4 Å². The van der Waals surface area contributed by atoms with Gasteiger partial charge in [-0.15, -0.1) is 0 Å². The first kappa shape index (κ1) is 16.1. The molecule has 0 saturated carbocycles. The molecule has 2 atom stereocenters. The van der Waals surface area contributed by atoms with Crippen molar-refractivity contribution in [1.29, 1.82) is 0 Å². The lowest BCUT2D eigenvalue weighted by molar-refractivity contribution is 0.327. The van der Waals surface area contributed by atoms with Crippen molar-refractivity contribution in [2.75, 3.05) is 0 Å². The highest BCUT2D eigenvalue weighted by molar-refractivity contribution is 7.79. The zero-order chi connectivity index (χ0) is 13.0. The second-order valence-corrected chi connectivity index (χ2v) is 8.06. The first-order valence-electron chi connectivity index (χ1n) is 6.14. The van der Waals surface area contributed by atoms with Crippen molar-refractivity contribution in [3.8, 4) is 0 Å². The Morgan fingerprint density at radius 3 is 1.88 bits per heavy atom. The maximum absolute atomic E-state index is 11.2. The van der Waals surface area contributed by atoms with E-state index in [4.69, 9.17) is 0 Å². The van der Waals surface area contributed by atoms with Crippen LogP contribution in [0.1, 0.15) is 67.2 Å². The van der Waals surface area contributed by atoms with E-state index in [0.29, 0.717) is 5.41 Å². The van der Waals surface area contributed by atoms with Crippen LogP contribution in [0.15, 0.2) is 0 Å². The third-order valence-corrected chi connectivity index (χ3v) is 4.28. The third-order valence-electron chi connectivity index (χ3n) is 2.85. The molecule has 1 N–H and O–H groups in total. The van der Waals surface area contributed by atoms with Crippen LogP contribution < -0.4 is 0 Å². The van der Waals surface area contributed by atoms with Gasteiger partial charge in [0.25, 0.3) is 0 Å². The fourth-order valence-corrected chi connectivity index (χ4v) is 2.79. The summed E-state index contributed by atoms with van der Waals surface area (Å²) in [6.07, 6.45) is 4.23. The summed E-state index contributed by atoms with van der Waals surface area (Å²) in [4.78, 5) is 0. The van der Waals surface area contributed by atoms with Crippen molar-refractivity contribution in [1.82, 2.24) is 0 Å². The van der Waals surface area contributed by atoms with E-state index >= 15 is 0 Å². The lowest BCUT2D eigenvalue weighted by atomic mass is 9.86. The van der Waals surface area contributed by atoms with Crippen LogP contribution in [-0.2, 0) is 11.1 Å². The second-order valence-electron chi connectivity index (χ2n) is 6.94. The Bertz CT molecular complexity index is 223. The van der Waals surface area contributed by atoms with Crippen LogP contribution >= 0.6 is 0 Å². The standard InChI is InChI=1S/C13H28O2S/c1-12(2,3)10-8-7-9-11(16(14)15)13(4,5)6/h11H,7-10H2,1-6H3,(H,14,15). The third kappa shape index (κ3) is 7.39. The minimum Gasteiger partial charge on any atom is -0.306 e. The SMILES string of the molecule is CC(C)(C)CCCCC(S(=O)O)C(C)(C)C. The van der Waals surface area contributed by atoms with E-state index < -0.39 is 11.1 Å². The minimum atomic E-state index is -1.70. The maximum atomic E-state index is 11.2. The van der Waals surface area contributed by atoms with E-state index in [-0.39, 0.29) is 10.7 Å². The molecule has 0 radical (unpaired) electrons. The first-order valence-corrected chi connectivity index (χ1v) is 7.31.